The van der Waals surface area contributed by atoms with Crippen LogP contribution in [0.3, 0.4) is 0 Å². The van der Waals surface area contributed by atoms with Crippen LogP contribution in [0.5, 0.6) is 0 Å². The Morgan fingerprint density at radius 3 is 2.50 bits per heavy atom. The first-order valence-corrected chi connectivity index (χ1v) is 6.97. The van der Waals surface area contributed by atoms with E-state index in [0.717, 1.165) is 0 Å². The molecule has 0 fully saturated rings. The largest absolute Gasteiger partial charge is 0.382 e. The Morgan fingerprint density at radius 1 is 1.14 bits per heavy atom. The van der Waals surface area contributed by atoms with Crippen molar-refractivity contribution in [3.63, 3.8) is 0 Å². The molecule has 0 spiro atoms. The molecule has 22 heavy (non-hydrogen) atoms. The monoisotopic (exact) mass is 319 g/mol. The number of rotatable bonds is 6. The van der Waals surface area contributed by atoms with E-state index >= 15 is 0 Å². The molecule has 2 rings (SSSR count). The van der Waals surface area contributed by atoms with Crippen LogP contribution in [-0.2, 0) is 0 Å². The van der Waals surface area contributed by atoms with E-state index in [2.05, 4.69) is 10.6 Å². The van der Waals surface area contributed by atoms with Gasteiger partial charge in [-0.1, -0.05) is 29.8 Å². The third-order valence-electron chi connectivity index (χ3n) is 2.93. The predicted molar refractivity (Wildman–Crippen MR) is 85.4 cm³/mol. The Kier molecular flexibility index (Phi) is 5.32. The molecule has 0 radical (unpaired) electrons. The van der Waals surface area contributed by atoms with E-state index < -0.39 is 4.92 Å². The maximum Gasteiger partial charge on any atom is 0.271 e. The van der Waals surface area contributed by atoms with Gasteiger partial charge in [0.2, 0.25) is 0 Å². The number of nitrogens with one attached hydrogen (secondary N) is 2. The van der Waals surface area contributed by atoms with Gasteiger partial charge in [-0.25, -0.2) is 0 Å². The number of nitro groups is 1. The molecule has 0 bridgehead atoms. The zero-order chi connectivity index (χ0) is 15.9. The van der Waals surface area contributed by atoms with Gasteiger partial charge in [-0.05, 0) is 18.2 Å². The fourth-order valence-electron chi connectivity index (χ4n) is 1.83. The van der Waals surface area contributed by atoms with Crippen molar-refractivity contribution in [2.75, 3.05) is 18.4 Å². The molecule has 0 saturated heterocycles. The highest BCUT2D eigenvalue weighted by atomic mass is 35.5. The second-order valence-corrected chi connectivity index (χ2v) is 4.88. The Bertz CT molecular complexity index is 677. The van der Waals surface area contributed by atoms with E-state index in [1.165, 1.54) is 12.1 Å². The van der Waals surface area contributed by atoms with E-state index in [0.29, 0.717) is 24.3 Å². The summed E-state index contributed by atoms with van der Waals surface area (Å²) in [5.74, 6) is -0.155. The van der Waals surface area contributed by atoms with Gasteiger partial charge in [0.05, 0.1) is 15.6 Å². The van der Waals surface area contributed by atoms with Crippen LogP contribution in [-0.4, -0.2) is 23.9 Å². The first kappa shape index (κ1) is 15.8. The lowest BCUT2D eigenvalue weighted by Crippen LogP contribution is -2.28. The van der Waals surface area contributed by atoms with Gasteiger partial charge in [0, 0.05) is 30.8 Å². The summed E-state index contributed by atoms with van der Waals surface area (Å²) in [6.45, 7) is 0.858. The van der Waals surface area contributed by atoms with Gasteiger partial charge in [-0.3, -0.25) is 14.9 Å². The number of carbonyl (C=O) groups excluding carboxylic acids is 1. The van der Waals surface area contributed by atoms with Crippen molar-refractivity contribution in [1.82, 2.24) is 5.32 Å². The Morgan fingerprint density at radius 2 is 1.86 bits per heavy atom. The molecule has 6 nitrogen and oxygen atoms in total. The standard InChI is InChI=1S/C15H14ClN3O3/c16-13-10-12(19(21)22)6-7-14(13)17-8-9-18-15(20)11-4-2-1-3-5-11/h1-7,10,17H,8-9H2,(H,18,20). The van der Waals surface area contributed by atoms with Gasteiger partial charge in [0.15, 0.2) is 0 Å². The highest BCUT2D eigenvalue weighted by molar-refractivity contribution is 6.33. The van der Waals surface area contributed by atoms with Crippen molar-refractivity contribution in [2.45, 2.75) is 0 Å². The van der Waals surface area contributed by atoms with E-state index in [4.69, 9.17) is 11.6 Å². The topological polar surface area (TPSA) is 84.3 Å². The highest BCUT2D eigenvalue weighted by Gasteiger charge is 2.09. The van der Waals surface area contributed by atoms with Crippen molar-refractivity contribution in [3.8, 4) is 0 Å². The van der Waals surface area contributed by atoms with Gasteiger partial charge < -0.3 is 10.6 Å². The van der Waals surface area contributed by atoms with Crippen LogP contribution in [0.25, 0.3) is 0 Å². The zero-order valence-electron chi connectivity index (χ0n) is 11.6. The van der Waals surface area contributed by atoms with Gasteiger partial charge in [0.25, 0.3) is 11.6 Å². The lowest BCUT2D eigenvalue weighted by Gasteiger charge is -2.09. The predicted octanol–water partition coefficient (Wildman–Crippen LogP) is 3.09. The summed E-state index contributed by atoms with van der Waals surface area (Å²) in [5.41, 5.74) is 1.12. The van der Waals surface area contributed by atoms with E-state index in [-0.39, 0.29) is 16.6 Å². The molecule has 0 unspecified atom stereocenters. The number of halogens is 1. The van der Waals surface area contributed by atoms with E-state index in [1.807, 2.05) is 6.07 Å². The molecular formula is C15H14ClN3O3. The highest BCUT2D eigenvalue weighted by Crippen LogP contribution is 2.26. The molecule has 0 saturated carbocycles. The average Bonchev–Trinajstić information content (AvgIpc) is 2.53. The molecule has 7 heteroatoms. The van der Waals surface area contributed by atoms with Crippen LogP contribution in [0, 0.1) is 10.1 Å². The minimum atomic E-state index is -0.504. The number of amides is 1. The summed E-state index contributed by atoms with van der Waals surface area (Å²) < 4.78 is 0. The van der Waals surface area contributed by atoms with Crippen molar-refractivity contribution >= 4 is 28.9 Å². The molecule has 0 aliphatic carbocycles. The summed E-state index contributed by atoms with van der Waals surface area (Å²) in [7, 11) is 0. The minimum absolute atomic E-state index is 0.0621. The van der Waals surface area contributed by atoms with Crippen LogP contribution in [0.4, 0.5) is 11.4 Å². The Balaban J connectivity index is 1.82. The van der Waals surface area contributed by atoms with Crippen LogP contribution in [0.2, 0.25) is 5.02 Å². The maximum atomic E-state index is 11.8. The smallest absolute Gasteiger partial charge is 0.271 e. The molecule has 0 aromatic heterocycles. The number of benzene rings is 2. The van der Waals surface area contributed by atoms with Crippen molar-refractivity contribution in [2.24, 2.45) is 0 Å². The quantitative estimate of drug-likeness (QED) is 0.487. The molecule has 0 aliphatic rings. The fourth-order valence-corrected chi connectivity index (χ4v) is 2.07. The van der Waals surface area contributed by atoms with Crippen LogP contribution in [0.1, 0.15) is 10.4 Å². The van der Waals surface area contributed by atoms with Crippen molar-refractivity contribution in [1.29, 1.82) is 0 Å². The van der Waals surface area contributed by atoms with Crippen molar-refractivity contribution < 1.29 is 9.72 Å². The second-order valence-electron chi connectivity index (χ2n) is 4.47. The average molecular weight is 320 g/mol. The van der Waals surface area contributed by atoms with Gasteiger partial charge in [-0.15, -0.1) is 0 Å². The molecule has 0 atom stereocenters. The van der Waals surface area contributed by atoms with Gasteiger partial charge in [0.1, 0.15) is 0 Å². The van der Waals surface area contributed by atoms with Crippen LogP contribution >= 0.6 is 11.6 Å². The Labute approximate surface area is 132 Å². The van der Waals surface area contributed by atoms with Gasteiger partial charge >= 0.3 is 0 Å². The first-order chi connectivity index (χ1) is 10.6. The molecule has 2 aromatic rings. The number of anilines is 1. The van der Waals surface area contributed by atoms with Crippen molar-refractivity contribution in [3.05, 3.63) is 69.2 Å². The van der Waals surface area contributed by atoms with Gasteiger partial charge in [-0.2, -0.15) is 0 Å². The summed E-state index contributed by atoms with van der Waals surface area (Å²) in [4.78, 5) is 21.9. The van der Waals surface area contributed by atoms with E-state index in [1.54, 1.807) is 30.3 Å². The lowest BCUT2D eigenvalue weighted by atomic mass is 10.2. The third-order valence-corrected chi connectivity index (χ3v) is 3.24. The second kappa shape index (κ2) is 7.42. The number of carbonyl (C=O) groups is 1. The molecule has 2 N–H and O–H groups in total. The number of non-ortho nitro benzene ring substituents is 1. The molecule has 114 valence electrons. The lowest BCUT2D eigenvalue weighted by molar-refractivity contribution is -0.384. The number of hydrogen-bond donors (Lipinski definition) is 2. The minimum Gasteiger partial charge on any atom is -0.382 e. The van der Waals surface area contributed by atoms with Crippen LogP contribution in [0.15, 0.2) is 48.5 Å². The number of nitrogens with zero attached hydrogens (tertiary/aromatic N) is 1. The first-order valence-electron chi connectivity index (χ1n) is 6.59. The summed E-state index contributed by atoms with van der Waals surface area (Å²) in [5, 5.41) is 16.7. The van der Waals surface area contributed by atoms with Crippen LogP contribution < -0.4 is 10.6 Å². The molecule has 0 aliphatic heterocycles. The van der Waals surface area contributed by atoms with E-state index in [9.17, 15) is 14.9 Å². The number of nitro benzene ring substituents is 1. The SMILES string of the molecule is O=C(NCCNc1ccc([N+](=O)[O-])cc1Cl)c1ccccc1. The maximum absolute atomic E-state index is 11.8. The zero-order valence-corrected chi connectivity index (χ0v) is 12.3. The Hall–Kier alpha value is -2.60. The molecule has 0 heterocycles. The summed E-state index contributed by atoms with van der Waals surface area (Å²) in [6, 6.07) is 13.1. The molecular weight excluding hydrogens is 306 g/mol. The number of hydrogen-bond acceptors (Lipinski definition) is 4. The molecule has 2 aromatic carbocycles. The normalized spacial score (nSPS) is 10.0. The fraction of sp³-hybridized carbons (Fsp3) is 0.133. The molecule has 1 amide bonds. The summed E-state index contributed by atoms with van der Waals surface area (Å²) >= 11 is 5.96. The third kappa shape index (κ3) is 4.20. The summed E-state index contributed by atoms with van der Waals surface area (Å²) in [6.07, 6.45) is 0.